The number of fused-ring (bicyclic) bond motifs is 2. The molecule has 7 heteroatoms. The minimum absolute atomic E-state index is 0.927. The summed E-state index contributed by atoms with van der Waals surface area (Å²) < 4.78 is 12.6. The van der Waals surface area contributed by atoms with E-state index in [-0.39, 0.29) is 0 Å². The standard InChI is InChI=1S/C19H15B3O2S2/c1-8-9-6-14-10(15(22)17(24-14)19-12(21)3-5-26-19)7-13(9)23-16(8)18-11(20)2-4-25-18/h2-7H,20-22H2,1H3. The van der Waals surface area contributed by atoms with Crippen LogP contribution in [-0.4, -0.2) is 23.5 Å². The lowest BCUT2D eigenvalue weighted by Crippen LogP contribution is -2.08. The highest BCUT2D eigenvalue weighted by Gasteiger charge is 2.20. The SMILES string of the molecule is Bc1ccsc1-c1oc2cc3c(C)c(-c4sccc4B)oc3cc2c1B. The highest BCUT2D eigenvalue weighted by atomic mass is 32.1. The minimum atomic E-state index is 0.927. The van der Waals surface area contributed by atoms with Gasteiger partial charge in [-0.3, -0.25) is 0 Å². The van der Waals surface area contributed by atoms with Crippen LogP contribution in [0.4, 0.5) is 0 Å². The molecule has 26 heavy (non-hydrogen) atoms. The third-order valence-corrected chi connectivity index (χ3v) is 7.16. The predicted molar refractivity (Wildman–Crippen MR) is 122 cm³/mol. The van der Waals surface area contributed by atoms with Gasteiger partial charge in [0.1, 0.15) is 46.2 Å². The molecule has 124 valence electrons. The Kier molecular flexibility index (Phi) is 3.53. The van der Waals surface area contributed by atoms with E-state index in [9.17, 15) is 0 Å². The predicted octanol–water partition coefficient (Wildman–Crippen LogP) is 1.72. The van der Waals surface area contributed by atoms with Gasteiger partial charge in [0.25, 0.3) is 0 Å². The maximum Gasteiger partial charge on any atom is 0.147 e. The fourth-order valence-corrected chi connectivity index (χ4v) is 5.50. The van der Waals surface area contributed by atoms with Crippen molar-refractivity contribution in [3.63, 3.8) is 0 Å². The molecular formula is C19H15B3O2S2. The van der Waals surface area contributed by atoms with Crippen molar-refractivity contribution >= 4 is 84.5 Å². The lowest BCUT2D eigenvalue weighted by atomic mass is 9.88. The van der Waals surface area contributed by atoms with Gasteiger partial charge in [-0.05, 0) is 35.3 Å². The van der Waals surface area contributed by atoms with Gasteiger partial charge in [0.15, 0.2) is 0 Å². The van der Waals surface area contributed by atoms with Crippen LogP contribution in [0, 0.1) is 6.92 Å². The molecule has 0 amide bonds. The Morgan fingerprint density at radius 1 is 0.769 bits per heavy atom. The van der Waals surface area contributed by atoms with Crippen LogP contribution < -0.4 is 16.4 Å². The first kappa shape index (κ1) is 16.1. The molecule has 4 heterocycles. The van der Waals surface area contributed by atoms with E-state index in [4.69, 9.17) is 8.83 Å². The molecule has 0 unspecified atom stereocenters. The Bertz CT molecular complexity index is 1190. The lowest BCUT2D eigenvalue weighted by molar-refractivity contribution is 0.629. The highest BCUT2D eigenvalue weighted by molar-refractivity contribution is 7.15. The molecule has 0 fully saturated rings. The summed E-state index contributed by atoms with van der Waals surface area (Å²) in [5.41, 5.74) is 6.72. The van der Waals surface area contributed by atoms with E-state index in [0.717, 1.165) is 33.5 Å². The largest absolute Gasteiger partial charge is 0.456 e. The fourth-order valence-electron chi connectivity index (χ4n) is 3.58. The molecule has 0 atom stereocenters. The van der Waals surface area contributed by atoms with Crippen molar-refractivity contribution in [1.82, 2.24) is 0 Å². The molecule has 1 aromatic carbocycles. The zero-order valence-electron chi connectivity index (χ0n) is 15.1. The lowest BCUT2D eigenvalue weighted by Gasteiger charge is -1.96. The Hall–Kier alpha value is -2.11. The molecule has 2 nitrogen and oxygen atoms in total. The molecule has 5 aromatic rings. The van der Waals surface area contributed by atoms with Gasteiger partial charge in [-0.15, -0.1) is 22.7 Å². The Labute approximate surface area is 162 Å². The normalized spacial score (nSPS) is 11.7. The van der Waals surface area contributed by atoms with Gasteiger partial charge >= 0.3 is 0 Å². The average molecular weight is 372 g/mol. The molecule has 0 saturated heterocycles. The summed E-state index contributed by atoms with van der Waals surface area (Å²) in [5, 5.41) is 6.48. The van der Waals surface area contributed by atoms with E-state index >= 15 is 0 Å². The second kappa shape index (κ2) is 5.70. The number of rotatable bonds is 2. The van der Waals surface area contributed by atoms with Crippen LogP contribution >= 0.6 is 22.7 Å². The van der Waals surface area contributed by atoms with Crippen LogP contribution in [0.25, 0.3) is 43.2 Å². The zero-order valence-corrected chi connectivity index (χ0v) is 16.7. The first-order valence-corrected chi connectivity index (χ1v) is 10.4. The van der Waals surface area contributed by atoms with Crippen LogP contribution in [0.3, 0.4) is 0 Å². The summed E-state index contributed by atoms with van der Waals surface area (Å²) in [6, 6.07) is 8.54. The van der Waals surface area contributed by atoms with Crippen LogP contribution in [0.2, 0.25) is 0 Å². The number of hydrogen-bond acceptors (Lipinski definition) is 4. The first-order valence-electron chi connectivity index (χ1n) is 8.59. The smallest absolute Gasteiger partial charge is 0.147 e. The molecule has 0 spiro atoms. The third-order valence-electron chi connectivity index (χ3n) is 5.13. The van der Waals surface area contributed by atoms with Gasteiger partial charge in [0.05, 0.1) is 9.75 Å². The second-order valence-corrected chi connectivity index (χ2v) is 8.65. The van der Waals surface area contributed by atoms with E-state index in [1.807, 2.05) is 0 Å². The molecule has 0 bridgehead atoms. The average Bonchev–Trinajstić information content (AvgIpc) is 3.36. The topological polar surface area (TPSA) is 26.3 Å². The molecule has 0 saturated carbocycles. The van der Waals surface area contributed by atoms with Crippen LogP contribution in [0.15, 0.2) is 43.9 Å². The fraction of sp³-hybridized carbons (Fsp3) is 0.0526. The van der Waals surface area contributed by atoms with Crippen molar-refractivity contribution in [3.05, 3.63) is 40.6 Å². The summed E-state index contributed by atoms with van der Waals surface area (Å²) >= 11 is 3.46. The van der Waals surface area contributed by atoms with E-state index < -0.39 is 0 Å². The number of aryl methyl sites for hydroxylation is 1. The number of benzene rings is 1. The molecule has 0 N–H and O–H groups in total. The Balaban J connectivity index is 1.77. The Morgan fingerprint density at radius 3 is 1.92 bits per heavy atom. The van der Waals surface area contributed by atoms with E-state index in [1.165, 1.54) is 31.7 Å². The summed E-state index contributed by atoms with van der Waals surface area (Å²) in [5.74, 6) is 1.96. The number of furan rings is 2. The van der Waals surface area contributed by atoms with Gasteiger partial charge < -0.3 is 8.83 Å². The molecule has 5 rings (SSSR count). The van der Waals surface area contributed by atoms with Crippen molar-refractivity contribution in [1.29, 1.82) is 0 Å². The van der Waals surface area contributed by atoms with E-state index in [2.05, 4.69) is 65.5 Å². The van der Waals surface area contributed by atoms with Crippen molar-refractivity contribution < 1.29 is 8.83 Å². The molecule has 0 radical (unpaired) electrons. The maximum absolute atomic E-state index is 6.28. The molecule has 0 aliphatic heterocycles. The maximum atomic E-state index is 6.28. The summed E-state index contributed by atoms with van der Waals surface area (Å²) in [7, 11) is 6.39. The highest BCUT2D eigenvalue weighted by Crippen LogP contribution is 2.37. The van der Waals surface area contributed by atoms with Gasteiger partial charge in [0, 0.05) is 16.3 Å². The first-order chi connectivity index (χ1) is 12.5. The van der Waals surface area contributed by atoms with Crippen LogP contribution in [0.1, 0.15) is 5.56 Å². The summed E-state index contributed by atoms with van der Waals surface area (Å²) in [6.07, 6.45) is 0. The third kappa shape index (κ3) is 2.20. The molecular weight excluding hydrogens is 357 g/mol. The molecule has 0 aliphatic rings. The van der Waals surface area contributed by atoms with Gasteiger partial charge in [0.2, 0.25) is 0 Å². The molecule has 0 aliphatic carbocycles. The van der Waals surface area contributed by atoms with Crippen molar-refractivity contribution in [2.24, 2.45) is 0 Å². The number of thiophene rings is 2. The van der Waals surface area contributed by atoms with Gasteiger partial charge in [-0.2, -0.15) is 0 Å². The quantitative estimate of drug-likeness (QED) is 0.442. The number of hydrogen-bond donors (Lipinski definition) is 0. The minimum Gasteiger partial charge on any atom is -0.456 e. The van der Waals surface area contributed by atoms with Crippen LogP contribution in [-0.2, 0) is 0 Å². The van der Waals surface area contributed by atoms with Crippen molar-refractivity contribution in [3.8, 4) is 21.3 Å². The van der Waals surface area contributed by atoms with Crippen LogP contribution in [0.5, 0.6) is 0 Å². The Morgan fingerprint density at radius 2 is 1.31 bits per heavy atom. The van der Waals surface area contributed by atoms with Gasteiger partial charge in [-0.25, -0.2) is 0 Å². The zero-order chi connectivity index (χ0) is 18.0. The van der Waals surface area contributed by atoms with Gasteiger partial charge in [-0.1, -0.05) is 23.1 Å². The summed E-state index contributed by atoms with van der Waals surface area (Å²) in [4.78, 5) is 2.42. The monoisotopic (exact) mass is 372 g/mol. The summed E-state index contributed by atoms with van der Waals surface area (Å²) in [6.45, 7) is 2.13. The second-order valence-electron chi connectivity index (χ2n) is 6.82. The van der Waals surface area contributed by atoms with E-state index in [1.54, 1.807) is 22.7 Å². The van der Waals surface area contributed by atoms with Crippen molar-refractivity contribution in [2.45, 2.75) is 6.92 Å². The van der Waals surface area contributed by atoms with E-state index in [0.29, 0.717) is 0 Å². The molecule has 4 aromatic heterocycles. The van der Waals surface area contributed by atoms with Crippen molar-refractivity contribution in [2.75, 3.05) is 0 Å².